The van der Waals surface area contributed by atoms with Crippen LogP contribution in [-0.4, -0.2) is 0 Å². The van der Waals surface area contributed by atoms with Crippen LogP contribution in [0.5, 0.6) is 0 Å². The molecule has 128 valence electrons. The fraction of sp³-hybridized carbons (Fsp3) is 1.00. The largest absolute Gasteiger partial charge is 0.0654 e. The van der Waals surface area contributed by atoms with Crippen molar-refractivity contribution in [2.24, 2.45) is 17.3 Å². The smallest absolute Gasteiger partial charge is 0.0411 e. The first-order chi connectivity index (χ1) is 8.95. The van der Waals surface area contributed by atoms with Crippen molar-refractivity contribution in [1.29, 1.82) is 0 Å². The lowest BCUT2D eigenvalue weighted by atomic mass is 10.0. The monoisotopic (exact) mass is 288 g/mol. The van der Waals surface area contributed by atoms with Gasteiger partial charge >= 0.3 is 0 Å². The average Bonchev–Trinajstić information content (AvgIpc) is 2.29. The van der Waals surface area contributed by atoms with Gasteiger partial charge in [-0.1, -0.05) is 115 Å². The molecule has 0 amide bonds. The molecule has 0 aromatic carbocycles. The van der Waals surface area contributed by atoms with E-state index in [0.717, 1.165) is 11.8 Å². The summed E-state index contributed by atoms with van der Waals surface area (Å²) in [5.41, 5.74) is 0.500. The van der Waals surface area contributed by atoms with Crippen LogP contribution in [0.4, 0.5) is 0 Å². The predicted molar refractivity (Wildman–Crippen MR) is 101 cm³/mol. The molecule has 0 fully saturated rings. The van der Waals surface area contributed by atoms with E-state index in [-0.39, 0.29) is 0 Å². The van der Waals surface area contributed by atoms with Crippen LogP contribution in [-0.2, 0) is 0 Å². The van der Waals surface area contributed by atoms with Crippen molar-refractivity contribution in [3.05, 3.63) is 0 Å². The summed E-state index contributed by atoms with van der Waals surface area (Å²) in [4.78, 5) is 0. The van der Waals surface area contributed by atoms with Gasteiger partial charge in [-0.2, -0.15) is 0 Å². The second-order valence-electron chi connectivity index (χ2n) is 7.96. The third-order valence-electron chi connectivity index (χ3n) is 2.34. The summed E-state index contributed by atoms with van der Waals surface area (Å²) in [7, 11) is 0. The first-order valence-corrected chi connectivity index (χ1v) is 8.95. The lowest BCUT2D eigenvalue weighted by Gasteiger charge is -2.05. The van der Waals surface area contributed by atoms with Gasteiger partial charge < -0.3 is 0 Å². The summed E-state index contributed by atoms with van der Waals surface area (Å²) in [5.74, 6) is 1.77. The molecule has 0 rings (SSSR count). The maximum Gasteiger partial charge on any atom is -0.0411 e. The van der Waals surface area contributed by atoms with Crippen LogP contribution >= 0.6 is 0 Å². The molecule has 0 saturated heterocycles. The maximum absolute atomic E-state index is 2.22. The second-order valence-corrected chi connectivity index (χ2v) is 7.96. The Morgan fingerprint density at radius 3 is 0.750 bits per heavy atom. The molecule has 0 heterocycles. The van der Waals surface area contributed by atoms with E-state index >= 15 is 0 Å². The topological polar surface area (TPSA) is 0 Å². The first-order valence-electron chi connectivity index (χ1n) is 8.95. The van der Waals surface area contributed by atoms with Crippen molar-refractivity contribution >= 4 is 0 Å². The summed E-state index contributed by atoms with van der Waals surface area (Å²) in [6, 6.07) is 0. The molecule has 0 aliphatic heterocycles. The Morgan fingerprint density at radius 2 is 0.750 bits per heavy atom. The molecule has 0 radical (unpaired) electrons. The fourth-order valence-corrected chi connectivity index (χ4v) is 0.354. The van der Waals surface area contributed by atoms with E-state index in [1.165, 1.54) is 32.1 Å². The zero-order valence-electron chi connectivity index (χ0n) is 17.2. The van der Waals surface area contributed by atoms with Crippen LogP contribution in [0.1, 0.15) is 115 Å². The highest BCUT2D eigenvalue weighted by Gasteiger charge is 1.95. The van der Waals surface area contributed by atoms with Crippen molar-refractivity contribution < 1.29 is 0 Å². The molecular weight excluding hydrogens is 240 g/mol. The molecule has 20 heavy (non-hydrogen) atoms. The molecule has 0 N–H and O–H groups in total. The van der Waals surface area contributed by atoms with Gasteiger partial charge in [-0.3, -0.25) is 0 Å². The fourth-order valence-electron chi connectivity index (χ4n) is 0.354. The van der Waals surface area contributed by atoms with Gasteiger partial charge in [0.2, 0.25) is 0 Å². The Balaban J connectivity index is -0.0000000853. The van der Waals surface area contributed by atoms with Crippen LogP contribution in [0.15, 0.2) is 0 Å². The van der Waals surface area contributed by atoms with E-state index in [9.17, 15) is 0 Å². The quantitative estimate of drug-likeness (QED) is 0.487. The Hall–Kier alpha value is 0. The third kappa shape index (κ3) is 144. The van der Waals surface area contributed by atoms with Crippen LogP contribution in [0, 0.1) is 17.3 Å². The minimum Gasteiger partial charge on any atom is -0.0654 e. The highest BCUT2D eigenvalue weighted by Crippen LogP contribution is 2.08. The molecular formula is C20H48. The Bertz CT molecular complexity index is 109. The van der Waals surface area contributed by atoms with E-state index in [2.05, 4.69) is 83.1 Å². The third-order valence-corrected chi connectivity index (χ3v) is 2.34. The van der Waals surface area contributed by atoms with Crippen LogP contribution in [0.2, 0.25) is 0 Å². The molecule has 0 heteroatoms. The van der Waals surface area contributed by atoms with Crippen molar-refractivity contribution in [3.63, 3.8) is 0 Å². The zero-order chi connectivity index (χ0) is 17.2. The Kier molecular flexibility index (Phi) is 30.0. The van der Waals surface area contributed by atoms with Gasteiger partial charge in [0.1, 0.15) is 0 Å². The Morgan fingerprint density at radius 1 is 0.600 bits per heavy atom. The van der Waals surface area contributed by atoms with Crippen LogP contribution in [0.25, 0.3) is 0 Å². The van der Waals surface area contributed by atoms with Crippen molar-refractivity contribution in [1.82, 2.24) is 0 Å². The predicted octanol–water partition coefficient (Wildman–Crippen LogP) is 8.35. The Labute approximate surface area is 133 Å². The van der Waals surface area contributed by atoms with Crippen LogP contribution < -0.4 is 0 Å². The van der Waals surface area contributed by atoms with Gasteiger partial charge in [-0.25, -0.2) is 0 Å². The first kappa shape index (κ1) is 28.2. The molecule has 0 saturated carbocycles. The molecule has 0 aromatic heterocycles. The molecule has 0 aliphatic carbocycles. The lowest BCUT2D eigenvalue weighted by molar-refractivity contribution is 0.469. The lowest BCUT2D eigenvalue weighted by Crippen LogP contribution is -1.93. The zero-order valence-corrected chi connectivity index (χ0v) is 17.2. The van der Waals surface area contributed by atoms with Gasteiger partial charge in [-0.05, 0) is 17.3 Å². The average molecular weight is 289 g/mol. The van der Waals surface area contributed by atoms with Gasteiger partial charge in [0.15, 0.2) is 0 Å². The normalized spacial score (nSPS) is 9.90. The molecule has 0 aliphatic rings. The summed E-state index contributed by atoms with van der Waals surface area (Å²) < 4.78 is 0. The molecule has 0 spiro atoms. The summed E-state index contributed by atoms with van der Waals surface area (Å²) >= 11 is 0. The van der Waals surface area contributed by atoms with Crippen LogP contribution in [0.3, 0.4) is 0 Å². The van der Waals surface area contributed by atoms with E-state index in [4.69, 9.17) is 0 Å². The minimum absolute atomic E-state index is 0.500. The number of hydrogen-bond donors (Lipinski definition) is 0. The minimum atomic E-state index is 0.500. The van der Waals surface area contributed by atoms with E-state index in [1.54, 1.807) is 0 Å². The van der Waals surface area contributed by atoms with Gasteiger partial charge in [0.05, 0.1) is 0 Å². The molecule has 0 atom stereocenters. The van der Waals surface area contributed by atoms with E-state index in [1.807, 2.05) is 0 Å². The molecule has 0 nitrogen and oxygen atoms in total. The molecule has 0 aromatic rings. The highest BCUT2D eigenvalue weighted by molar-refractivity contribution is 4.47. The molecule has 0 bridgehead atoms. The van der Waals surface area contributed by atoms with Gasteiger partial charge in [0.25, 0.3) is 0 Å². The maximum atomic E-state index is 2.22. The number of unbranched alkanes of at least 4 members (excludes halogenated alkanes) is 2. The summed E-state index contributed by atoms with van der Waals surface area (Å²) in [6.07, 6.45) is 6.69. The van der Waals surface area contributed by atoms with Crippen molar-refractivity contribution in [2.45, 2.75) is 115 Å². The van der Waals surface area contributed by atoms with Gasteiger partial charge in [-0.15, -0.1) is 0 Å². The SMILES string of the molecule is CC(C)(C)C.CCC(C)C.CCC(C)C.CCCCC. The second kappa shape index (κ2) is 21.3. The standard InChI is InChI=1S/4C5H12/c1-5(2,3)4;2*1-4-5(2)3;1-3-5-4-2/h1-4H3;2*5H,4H2,1-3H3;3-5H2,1-2H3. The van der Waals surface area contributed by atoms with E-state index < -0.39 is 0 Å². The molecule has 0 unspecified atom stereocenters. The highest BCUT2D eigenvalue weighted by atomic mass is 14.0. The van der Waals surface area contributed by atoms with Crippen molar-refractivity contribution in [3.8, 4) is 0 Å². The van der Waals surface area contributed by atoms with Gasteiger partial charge in [0, 0.05) is 0 Å². The summed E-state index contributed by atoms with van der Waals surface area (Å²) in [6.45, 7) is 26.5. The number of rotatable bonds is 4. The van der Waals surface area contributed by atoms with Crippen molar-refractivity contribution in [2.75, 3.05) is 0 Å². The van der Waals surface area contributed by atoms with E-state index in [0.29, 0.717) is 5.41 Å². The summed E-state index contributed by atoms with van der Waals surface area (Å²) in [5, 5.41) is 0. The number of hydrogen-bond acceptors (Lipinski definition) is 0.